The van der Waals surface area contributed by atoms with Crippen molar-refractivity contribution in [3.05, 3.63) is 105 Å². The molecule has 0 fully saturated rings. The van der Waals surface area contributed by atoms with E-state index >= 15 is 0 Å². The van der Waals surface area contributed by atoms with Crippen molar-refractivity contribution in [2.75, 3.05) is 0 Å². The molecule has 0 bridgehead atoms. The van der Waals surface area contributed by atoms with E-state index in [1.807, 2.05) is 0 Å². The van der Waals surface area contributed by atoms with E-state index in [9.17, 15) is 0 Å². The molecule has 0 heterocycles. The van der Waals surface area contributed by atoms with Gasteiger partial charge in [0.1, 0.15) is 0 Å². The minimum Gasteiger partial charge on any atom is -0.0616 e. The quantitative estimate of drug-likeness (QED) is 0.462. The summed E-state index contributed by atoms with van der Waals surface area (Å²) in [7, 11) is 0. The zero-order valence-corrected chi connectivity index (χ0v) is 15.8. The van der Waals surface area contributed by atoms with Crippen LogP contribution in [0.25, 0.3) is 22.8 Å². The van der Waals surface area contributed by atoms with E-state index in [4.69, 9.17) is 0 Å². The number of hydrogen-bond donors (Lipinski definition) is 0. The molecule has 3 aromatic carbocycles. The maximum absolute atomic E-state index is 2.37. The average Bonchev–Trinajstić information content (AvgIpc) is 3.09. The Morgan fingerprint density at radius 3 is 2.08 bits per heavy atom. The molecule has 26 heavy (non-hydrogen) atoms. The molecule has 0 amide bonds. The molecule has 0 atom stereocenters. The second-order valence-corrected chi connectivity index (χ2v) is 7.78. The molecule has 5 rings (SSSR count). The molecule has 0 heteroatoms. The van der Waals surface area contributed by atoms with E-state index in [0.29, 0.717) is 0 Å². The first kappa shape index (κ1) is 15.4. The molecule has 0 N–H and O–H groups in total. The van der Waals surface area contributed by atoms with Crippen LogP contribution < -0.4 is 0 Å². The minimum atomic E-state index is 1.32. The van der Waals surface area contributed by atoms with Gasteiger partial charge in [-0.2, -0.15) is 0 Å². The third-order valence-corrected chi connectivity index (χ3v) is 5.58. The van der Waals surface area contributed by atoms with Crippen LogP contribution >= 0.6 is 0 Å². The molecule has 0 radical (unpaired) electrons. The Labute approximate surface area is 155 Å². The Morgan fingerprint density at radius 2 is 1.31 bits per heavy atom. The Hall–Kier alpha value is -2.86. The van der Waals surface area contributed by atoms with E-state index in [-0.39, 0.29) is 0 Å². The third kappa shape index (κ3) is 2.08. The Balaban J connectivity index is 1.92. The molecule has 126 valence electrons. The van der Waals surface area contributed by atoms with Crippen LogP contribution in [0.15, 0.2) is 54.6 Å². The van der Waals surface area contributed by atoms with Crippen LogP contribution in [0.4, 0.5) is 0 Å². The molecule has 0 nitrogen and oxygen atoms in total. The first-order valence-electron chi connectivity index (χ1n) is 9.29. The summed E-state index contributed by atoms with van der Waals surface area (Å²) in [6.07, 6.45) is 2.37. The summed E-state index contributed by atoms with van der Waals surface area (Å²) in [6.45, 7) is 8.84. The van der Waals surface area contributed by atoms with Crippen molar-refractivity contribution in [1.82, 2.24) is 0 Å². The Bertz CT molecular complexity index is 1130. The molecular formula is C26H22. The second kappa shape index (κ2) is 5.32. The van der Waals surface area contributed by atoms with Crippen molar-refractivity contribution >= 4 is 22.8 Å². The molecule has 2 aliphatic rings. The van der Waals surface area contributed by atoms with Gasteiger partial charge in [-0.15, -0.1) is 0 Å². The zero-order chi connectivity index (χ0) is 18.0. The van der Waals surface area contributed by atoms with E-state index < -0.39 is 0 Å². The highest BCUT2D eigenvalue weighted by Gasteiger charge is 2.33. The van der Waals surface area contributed by atoms with Crippen LogP contribution in [-0.2, 0) is 0 Å². The number of rotatable bonds is 1. The maximum Gasteiger partial charge on any atom is -0.00140 e. The first-order chi connectivity index (χ1) is 12.5. The van der Waals surface area contributed by atoms with Gasteiger partial charge in [-0.25, -0.2) is 0 Å². The summed E-state index contributed by atoms with van der Waals surface area (Å²) in [5.41, 5.74) is 16.4. The molecule has 0 aromatic heterocycles. The van der Waals surface area contributed by atoms with Gasteiger partial charge >= 0.3 is 0 Å². The van der Waals surface area contributed by atoms with Gasteiger partial charge in [-0.1, -0.05) is 71.3 Å². The molecule has 2 aliphatic carbocycles. The fourth-order valence-corrected chi connectivity index (χ4v) is 4.75. The van der Waals surface area contributed by atoms with E-state index in [0.717, 1.165) is 0 Å². The smallest absolute Gasteiger partial charge is 0.00140 e. The fourth-order valence-electron chi connectivity index (χ4n) is 4.75. The van der Waals surface area contributed by atoms with Gasteiger partial charge in [0, 0.05) is 0 Å². The molecule has 0 saturated carbocycles. The second-order valence-electron chi connectivity index (χ2n) is 7.78. The number of benzene rings is 3. The summed E-state index contributed by atoms with van der Waals surface area (Å²) < 4.78 is 0. The van der Waals surface area contributed by atoms with E-state index in [2.05, 4.69) is 88.4 Å². The van der Waals surface area contributed by atoms with Gasteiger partial charge in [0.05, 0.1) is 0 Å². The topological polar surface area (TPSA) is 0 Å². The molecule has 3 aromatic rings. The van der Waals surface area contributed by atoms with E-state index in [1.54, 1.807) is 0 Å². The van der Waals surface area contributed by atoms with Crippen molar-refractivity contribution in [3.63, 3.8) is 0 Å². The van der Waals surface area contributed by atoms with Gasteiger partial charge < -0.3 is 0 Å². The lowest BCUT2D eigenvalue weighted by atomic mass is 9.89. The summed E-state index contributed by atoms with van der Waals surface area (Å²) in [5.74, 6) is 0. The van der Waals surface area contributed by atoms with Crippen molar-refractivity contribution in [1.29, 1.82) is 0 Å². The lowest BCUT2D eigenvalue weighted by molar-refractivity contribution is 1.33. The number of hydrogen-bond acceptors (Lipinski definition) is 0. The molecule has 0 saturated heterocycles. The summed E-state index contributed by atoms with van der Waals surface area (Å²) in [5, 5.41) is 0. The Kier molecular flexibility index (Phi) is 3.15. The van der Waals surface area contributed by atoms with E-state index in [1.165, 1.54) is 66.8 Å². The highest BCUT2D eigenvalue weighted by molar-refractivity contribution is 6.31. The number of aryl methyl sites for hydroxylation is 4. The highest BCUT2D eigenvalue weighted by atomic mass is 14.4. The average molecular weight is 334 g/mol. The normalized spacial score (nSPS) is 14.2. The molecular weight excluding hydrogens is 312 g/mol. The van der Waals surface area contributed by atoms with Crippen LogP contribution in [0.3, 0.4) is 0 Å². The van der Waals surface area contributed by atoms with Gasteiger partial charge in [0.2, 0.25) is 0 Å². The monoisotopic (exact) mass is 334 g/mol. The largest absolute Gasteiger partial charge is 0.0616 e. The van der Waals surface area contributed by atoms with Crippen LogP contribution in [-0.4, -0.2) is 0 Å². The number of fused-ring (bicyclic) bond motifs is 5. The molecule has 0 unspecified atom stereocenters. The van der Waals surface area contributed by atoms with Crippen LogP contribution in [0.2, 0.25) is 0 Å². The third-order valence-electron chi connectivity index (χ3n) is 5.58. The summed E-state index contributed by atoms with van der Waals surface area (Å²) in [6, 6.07) is 20.4. The summed E-state index contributed by atoms with van der Waals surface area (Å²) >= 11 is 0. The Morgan fingerprint density at radius 1 is 0.615 bits per heavy atom. The minimum absolute atomic E-state index is 1.32. The van der Waals surface area contributed by atoms with Crippen LogP contribution in [0.5, 0.6) is 0 Å². The van der Waals surface area contributed by atoms with Crippen LogP contribution in [0, 0.1) is 27.7 Å². The van der Waals surface area contributed by atoms with Crippen molar-refractivity contribution in [2.24, 2.45) is 0 Å². The standard InChI is InChI=1S/C26H22/c1-15-9-16(2)12-20(11-15)25-24-18(4)10-17(3)13-22(24)23-14-19-7-5-6-8-21(19)26(23)25/h5-14H,1-4H3. The lowest BCUT2D eigenvalue weighted by Gasteiger charge is -2.14. The lowest BCUT2D eigenvalue weighted by Crippen LogP contribution is -1.95. The predicted octanol–water partition coefficient (Wildman–Crippen LogP) is 6.75. The fraction of sp³-hybridized carbons (Fsp3) is 0.154. The van der Waals surface area contributed by atoms with Crippen molar-refractivity contribution < 1.29 is 0 Å². The molecule has 0 aliphatic heterocycles. The summed E-state index contributed by atoms with van der Waals surface area (Å²) in [4.78, 5) is 0. The van der Waals surface area contributed by atoms with Gasteiger partial charge in [-0.05, 0) is 83.9 Å². The van der Waals surface area contributed by atoms with Crippen molar-refractivity contribution in [3.8, 4) is 0 Å². The SMILES string of the molecule is Cc1cc(C)cc(C2=C3C(=Cc4ccccc43)c3cc(C)cc(C)c32)c1. The van der Waals surface area contributed by atoms with Crippen LogP contribution in [0.1, 0.15) is 50.1 Å². The zero-order valence-electron chi connectivity index (χ0n) is 15.8. The first-order valence-corrected chi connectivity index (χ1v) is 9.29. The number of allylic oxidation sites excluding steroid dienone is 2. The van der Waals surface area contributed by atoms with Crippen molar-refractivity contribution in [2.45, 2.75) is 27.7 Å². The maximum atomic E-state index is 2.37. The van der Waals surface area contributed by atoms with Gasteiger partial charge in [-0.3, -0.25) is 0 Å². The molecule has 0 spiro atoms. The highest BCUT2D eigenvalue weighted by Crippen LogP contribution is 2.55. The predicted molar refractivity (Wildman–Crippen MR) is 112 cm³/mol. The van der Waals surface area contributed by atoms with Gasteiger partial charge in [0.25, 0.3) is 0 Å². The van der Waals surface area contributed by atoms with Gasteiger partial charge in [0.15, 0.2) is 0 Å².